The van der Waals surface area contributed by atoms with Gasteiger partial charge < -0.3 is 20.0 Å². The van der Waals surface area contributed by atoms with E-state index in [0.29, 0.717) is 6.42 Å². The predicted octanol–water partition coefficient (Wildman–Crippen LogP) is 0.345. The van der Waals surface area contributed by atoms with Gasteiger partial charge in [0.1, 0.15) is 0 Å². The zero-order valence-corrected chi connectivity index (χ0v) is 14.1. The lowest BCUT2D eigenvalue weighted by Crippen LogP contribution is -2.73. The summed E-state index contributed by atoms with van der Waals surface area (Å²) in [6.07, 6.45) is 4.85. The molecule has 0 aromatic heterocycles. The van der Waals surface area contributed by atoms with E-state index in [-0.39, 0.29) is 11.8 Å². The molecule has 22 heavy (non-hydrogen) atoms. The Morgan fingerprint density at radius 3 is 2.86 bits per heavy atom. The molecular weight excluding hydrogens is 344 g/mol. The molecule has 5 aliphatic rings. The summed E-state index contributed by atoms with van der Waals surface area (Å²) < 4.78 is 0. The third-order valence-electron chi connectivity index (χ3n) is 4.72. The molecular formula is C13H14N2O4S3. The molecule has 2 amide bonds. The van der Waals surface area contributed by atoms with Gasteiger partial charge in [0, 0.05) is 13.5 Å². The van der Waals surface area contributed by atoms with Crippen molar-refractivity contribution in [3.63, 3.8) is 0 Å². The lowest BCUT2D eigenvalue weighted by Gasteiger charge is -2.50. The number of hydrogen-bond acceptors (Lipinski definition) is 7. The molecule has 0 aromatic carbocycles. The number of carbonyl (C=O) groups is 2. The molecule has 0 radical (unpaired) electrons. The molecule has 2 bridgehead atoms. The van der Waals surface area contributed by atoms with Crippen molar-refractivity contribution in [2.45, 2.75) is 28.3 Å². The van der Waals surface area contributed by atoms with Crippen LogP contribution in [-0.2, 0) is 9.59 Å². The van der Waals surface area contributed by atoms with Gasteiger partial charge in [0.25, 0.3) is 11.8 Å². The maximum absolute atomic E-state index is 13.2. The molecule has 1 spiro atoms. The zero-order valence-electron chi connectivity index (χ0n) is 11.6. The number of rotatable bonds is 1. The van der Waals surface area contributed by atoms with Crippen LogP contribution in [0, 0.1) is 0 Å². The fourth-order valence-electron chi connectivity index (χ4n) is 3.54. The van der Waals surface area contributed by atoms with Crippen molar-refractivity contribution < 1.29 is 19.8 Å². The minimum absolute atomic E-state index is 0.189. The molecule has 9 heteroatoms. The molecule has 5 rings (SSSR count). The number of nitrogens with zero attached hydrogens (tertiary/aromatic N) is 2. The van der Waals surface area contributed by atoms with E-state index < -0.39 is 28.5 Å². The van der Waals surface area contributed by atoms with E-state index in [1.54, 1.807) is 19.2 Å². The second-order valence-electron chi connectivity index (χ2n) is 5.74. The van der Waals surface area contributed by atoms with Gasteiger partial charge in [-0.05, 0) is 37.0 Å². The van der Waals surface area contributed by atoms with E-state index in [2.05, 4.69) is 0 Å². The number of allylic oxidation sites excluding steroid dienone is 2. The van der Waals surface area contributed by atoms with Gasteiger partial charge in [-0.2, -0.15) is 0 Å². The highest BCUT2D eigenvalue weighted by Crippen LogP contribution is 2.64. The van der Waals surface area contributed by atoms with Crippen molar-refractivity contribution in [1.82, 2.24) is 9.80 Å². The number of aliphatic hydroxyl groups excluding tert-OH is 2. The van der Waals surface area contributed by atoms with E-state index in [0.717, 1.165) is 5.57 Å². The van der Waals surface area contributed by atoms with Crippen LogP contribution in [0.4, 0.5) is 0 Å². The van der Waals surface area contributed by atoms with Crippen molar-refractivity contribution in [3.05, 3.63) is 23.8 Å². The lowest BCUT2D eigenvalue weighted by atomic mass is 9.97. The van der Waals surface area contributed by atoms with Gasteiger partial charge in [-0.3, -0.25) is 9.59 Å². The first-order valence-electron chi connectivity index (χ1n) is 6.80. The van der Waals surface area contributed by atoms with E-state index in [4.69, 9.17) is 0 Å². The minimum Gasteiger partial charge on any atom is -0.392 e. The molecule has 0 unspecified atom stereocenters. The normalized spacial score (nSPS) is 43.1. The molecule has 4 atom stereocenters. The minimum atomic E-state index is -1.31. The number of piperazine rings is 1. The maximum Gasteiger partial charge on any atom is 0.264 e. The molecule has 4 heterocycles. The van der Waals surface area contributed by atoms with Crippen molar-refractivity contribution in [1.29, 1.82) is 0 Å². The van der Waals surface area contributed by atoms with Crippen LogP contribution in [0.2, 0.25) is 0 Å². The highest BCUT2D eigenvalue weighted by atomic mass is 33.5. The summed E-state index contributed by atoms with van der Waals surface area (Å²) in [5, 5.41) is 20.2. The molecule has 6 nitrogen and oxygen atoms in total. The van der Waals surface area contributed by atoms with Crippen LogP contribution in [0.3, 0.4) is 0 Å². The Hall–Kier alpha value is -0.610. The molecule has 118 valence electrons. The summed E-state index contributed by atoms with van der Waals surface area (Å²) in [7, 11) is 5.49. The number of amides is 2. The van der Waals surface area contributed by atoms with Crippen LogP contribution >= 0.6 is 31.4 Å². The highest BCUT2D eigenvalue weighted by molar-refractivity contribution is 9.10. The first-order chi connectivity index (χ1) is 10.5. The lowest BCUT2D eigenvalue weighted by molar-refractivity contribution is -0.167. The van der Waals surface area contributed by atoms with Crippen LogP contribution in [0.25, 0.3) is 0 Å². The second-order valence-corrected chi connectivity index (χ2v) is 10.2. The van der Waals surface area contributed by atoms with Gasteiger partial charge in [-0.1, -0.05) is 18.2 Å². The van der Waals surface area contributed by atoms with Gasteiger partial charge in [0.15, 0.2) is 4.87 Å². The molecule has 4 saturated heterocycles. The summed E-state index contributed by atoms with van der Waals surface area (Å²) >= 11 is 0. The SMILES string of the molecule is CN1C(=O)[C@]23CC4=CC=C[C@H](O)[C@H]4N2C(=O)[C@@]1(CO)SSS3. The summed E-state index contributed by atoms with van der Waals surface area (Å²) in [6, 6.07) is -0.520. The summed E-state index contributed by atoms with van der Waals surface area (Å²) in [5.74, 6) is -0.492. The number of hydrogen-bond donors (Lipinski definition) is 2. The Kier molecular flexibility index (Phi) is 3.19. The monoisotopic (exact) mass is 358 g/mol. The highest BCUT2D eigenvalue weighted by Gasteiger charge is 2.70. The van der Waals surface area contributed by atoms with E-state index in [1.165, 1.54) is 41.2 Å². The summed E-state index contributed by atoms with van der Waals surface area (Å²) in [4.78, 5) is 26.7. The average Bonchev–Trinajstić information content (AvgIpc) is 2.75. The van der Waals surface area contributed by atoms with Crippen LogP contribution in [0.1, 0.15) is 6.42 Å². The molecule has 0 saturated carbocycles. The number of aliphatic hydroxyl groups is 2. The quantitative estimate of drug-likeness (QED) is 0.655. The Morgan fingerprint density at radius 2 is 2.14 bits per heavy atom. The van der Waals surface area contributed by atoms with Gasteiger partial charge in [-0.25, -0.2) is 0 Å². The van der Waals surface area contributed by atoms with Gasteiger partial charge in [0.2, 0.25) is 4.87 Å². The Bertz CT molecular complexity index is 639. The van der Waals surface area contributed by atoms with E-state index in [1.807, 2.05) is 6.08 Å². The van der Waals surface area contributed by atoms with Crippen LogP contribution < -0.4 is 0 Å². The molecule has 0 aromatic rings. The van der Waals surface area contributed by atoms with Crippen molar-refractivity contribution >= 4 is 43.2 Å². The second kappa shape index (κ2) is 4.70. The third-order valence-corrected chi connectivity index (χ3v) is 9.79. The number of likely N-dealkylation sites (N-methyl/N-ethyl adjacent to an activating group) is 1. The van der Waals surface area contributed by atoms with Crippen molar-refractivity contribution in [2.24, 2.45) is 0 Å². The first kappa shape index (κ1) is 14.9. The Balaban J connectivity index is 1.92. The fraction of sp³-hybridized carbons (Fsp3) is 0.538. The number of fused-ring (bicyclic) bond motifs is 4. The van der Waals surface area contributed by atoms with E-state index >= 15 is 0 Å². The van der Waals surface area contributed by atoms with Gasteiger partial charge in [0.05, 0.1) is 18.8 Å². The summed E-state index contributed by atoms with van der Waals surface area (Å²) in [5.41, 5.74) is 0.888. The zero-order chi connectivity index (χ0) is 15.7. The van der Waals surface area contributed by atoms with Crippen molar-refractivity contribution in [2.75, 3.05) is 13.7 Å². The van der Waals surface area contributed by atoms with Gasteiger partial charge in [-0.15, -0.1) is 0 Å². The fourth-order valence-corrected chi connectivity index (χ4v) is 9.37. The molecule has 1 aliphatic carbocycles. The largest absolute Gasteiger partial charge is 0.392 e. The number of carbonyl (C=O) groups excluding carboxylic acids is 2. The smallest absolute Gasteiger partial charge is 0.264 e. The van der Waals surface area contributed by atoms with E-state index in [9.17, 15) is 19.8 Å². The topological polar surface area (TPSA) is 81.1 Å². The molecule has 4 aliphatic heterocycles. The molecule has 2 N–H and O–H groups in total. The Labute approximate surface area is 138 Å². The van der Waals surface area contributed by atoms with Crippen LogP contribution in [-0.4, -0.2) is 67.4 Å². The average molecular weight is 358 g/mol. The van der Waals surface area contributed by atoms with Crippen molar-refractivity contribution in [3.8, 4) is 0 Å². The van der Waals surface area contributed by atoms with Crippen LogP contribution in [0.15, 0.2) is 23.8 Å². The maximum atomic E-state index is 13.2. The predicted molar refractivity (Wildman–Crippen MR) is 86.6 cm³/mol. The molecule has 4 fully saturated rings. The first-order valence-corrected chi connectivity index (χ1v) is 10.3. The Morgan fingerprint density at radius 1 is 1.36 bits per heavy atom. The van der Waals surface area contributed by atoms with Gasteiger partial charge >= 0.3 is 0 Å². The van der Waals surface area contributed by atoms with Crippen LogP contribution in [0.5, 0.6) is 0 Å². The third kappa shape index (κ3) is 1.53. The summed E-state index contributed by atoms with van der Waals surface area (Å²) in [6.45, 7) is -0.448. The standard InChI is InChI=1S/C13H14N2O4S3/c1-14-10(18)12-5-7-3-2-4-8(17)9(7)15(12)11(19)13(14,6-16)21-22-20-12/h2-4,8-9,16-17H,5-6H2,1H3/t8-,9-,12+,13+/m0/s1.